The molecule has 2 aromatic rings. The Morgan fingerprint density at radius 2 is 1.85 bits per heavy atom. The summed E-state index contributed by atoms with van der Waals surface area (Å²) < 4.78 is 5.20. The first kappa shape index (κ1) is 20.8. The van der Waals surface area contributed by atoms with Gasteiger partial charge in [-0.2, -0.15) is 0 Å². The van der Waals surface area contributed by atoms with Crippen LogP contribution in [0, 0.1) is 10.1 Å². The molecule has 26 heavy (non-hydrogen) atoms. The average Bonchev–Trinajstić information content (AvgIpc) is 2.61. The summed E-state index contributed by atoms with van der Waals surface area (Å²) in [7, 11) is 0. The maximum absolute atomic E-state index is 11.4. The van der Waals surface area contributed by atoms with Crippen molar-refractivity contribution in [3.8, 4) is 5.75 Å². The summed E-state index contributed by atoms with van der Waals surface area (Å²) in [6, 6.07) is 11.5. The third-order valence-electron chi connectivity index (χ3n) is 3.50. The van der Waals surface area contributed by atoms with E-state index in [-0.39, 0.29) is 27.3 Å². The number of halogens is 3. The summed E-state index contributed by atoms with van der Waals surface area (Å²) >= 11 is 19.2. The van der Waals surface area contributed by atoms with Gasteiger partial charge in [-0.1, -0.05) is 47.5 Å². The molecule has 0 aliphatic heterocycles. The molecule has 0 saturated carbocycles. The fourth-order valence-corrected chi connectivity index (χ4v) is 4.04. The molecule has 0 spiro atoms. The van der Waals surface area contributed by atoms with Gasteiger partial charge in [0.15, 0.2) is 6.61 Å². The van der Waals surface area contributed by atoms with Crippen LogP contribution < -0.4 is 4.74 Å². The van der Waals surface area contributed by atoms with Crippen LogP contribution in [0.5, 0.6) is 5.75 Å². The van der Waals surface area contributed by atoms with Crippen molar-refractivity contribution in [2.24, 2.45) is 0 Å². The second-order valence-electron chi connectivity index (χ2n) is 5.30. The molecular formula is C17H14Cl3NO4S. The summed E-state index contributed by atoms with van der Waals surface area (Å²) in [5.74, 6) is 0.187. The minimum Gasteiger partial charge on any atom is -0.483 e. The smallest absolute Gasteiger partial charge is 0.259 e. The minimum absolute atomic E-state index is 0.0799. The van der Waals surface area contributed by atoms with E-state index in [0.717, 1.165) is 4.90 Å². The molecule has 0 aromatic heterocycles. The molecule has 0 fully saturated rings. The van der Waals surface area contributed by atoms with E-state index in [2.05, 4.69) is 0 Å². The lowest BCUT2D eigenvalue weighted by molar-refractivity contribution is -0.518. The molecule has 0 radical (unpaired) electrons. The summed E-state index contributed by atoms with van der Waals surface area (Å²) in [4.78, 5) is 22.7. The quantitative estimate of drug-likeness (QED) is 0.233. The molecule has 5 nitrogen and oxygen atoms in total. The highest BCUT2D eigenvalue weighted by atomic mass is 35.5. The molecule has 0 aliphatic carbocycles. The number of benzene rings is 2. The van der Waals surface area contributed by atoms with Gasteiger partial charge in [0.1, 0.15) is 16.0 Å². The molecule has 2 rings (SSSR count). The van der Waals surface area contributed by atoms with Crippen LogP contribution in [0.25, 0.3) is 0 Å². The number of carbonyl (C=O) groups excluding carboxylic acids is 1. The first-order valence-electron chi connectivity index (χ1n) is 7.45. The Kier molecular flexibility index (Phi) is 7.58. The highest BCUT2D eigenvalue weighted by Crippen LogP contribution is 2.45. The van der Waals surface area contributed by atoms with Crippen molar-refractivity contribution in [3.63, 3.8) is 0 Å². The molecule has 0 N–H and O–H groups in total. The van der Waals surface area contributed by atoms with E-state index in [4.69, 9.17) is 39.5 Å². The van der Waals surface area contributed by atoms with E-state index < -0.39 is 16.5 Å². The van der Waals surface area contributed by atoms with Crippen LogP contribution in [-0.4, -0.2) is 22.8 Å². The lowest BCUT2D eigenvalue weighted by atomic mass is 10.1. The molecule has 9 heteroatoms. The van der Waals surface area contributed by atoms with Crippen LogP contribution in [0.3, 0.4) is 0 Å². The zero-order valence-electron chi connectivity index (χ0n) is 13.5. The Labute approximate surface area is 169 Å². The number of nitro groups is 1. The zero-order valence-corrected chi connectivity index (χ0v) is 16.6. The number of ether oxygens (including phenoxy) is 1. The van der Waals surface area contributed by atoms with Gasteiger partial charge in [0.25, 0.3) is 5.24 Å². The number of rotatable bonds is 8. The maximum atomic E-state index is 11.4. The normalized spacial score (nSPS) is 13.1. The molecule has 138 valence electrons. The van der Waals surface area contributed by atoms with E-state index in [9.17, 15) is 14.9 Å². The highest BCUT2D eigenvalue weighted by Gasteiger charge is 2.32. The van der Waals surface area contributed by atoms with E-state index in [1.54, 1.807) is 6.07 Å². The Bertz CT molecular complexity index is 804. The topological polar surface area (TPSA) is 69.4 Å². The van der Waals surface area contributed by atoms with Gasteiger partial charge in [-0.15, -0.1) is 11.8 Å². The van der Waals surface area contributed by atoms with Crippen molar-refractivity contribution in [1.29, 1.82) is 0 Å². The third-order valence-corrected chi connectivity index (χ3v) is 5.94. The van der Waals surface area contributed by atoms with E-state index in [1.165, 1.54) is 24.8 Å². The predicted molar refractivity (Wildman–Crippen MR) is 104 cm³/mol. The standard InChI is InChI=1S/C17H14Cl3NO4S/c1-10(21(23)24)17(26-11-5-3-2-4-6-11)12-7-8-13(16(20)15(12)19)25-9-14(18)22/h2-8,10,17H,9H2,1H3. The van der Waals surface area contributed by atoms with Crippen molar-refractivity contribution in [1.82, 2.24) is 0 Å². The molecular weight excluding hydrogens is 421 g/mol. The second-order valence-corrected chi connectivity index (χ2v) is 7.69. The Morgan fingerprint density at radius 1 is 1.19 bits per heavy atom. The van der Waals surface area contributed by atoms with E-state index >= 15 is 0 Å². The summed E-state index contributed by atoms with van der Waals surface area (Å²) in [6.45, 7) is 1.16. The van der Waals surface area contributed by atoms with Gasteiger partial charge >= 0.3 is 0 Å². The summed E-state index contributed by atoms with van der Waals surface area (Å²) in [5.41, 5.74) is 0.513. The number of thioether (sulfide) groups is 1. The fraction of sp³-hybridized carbons (Fsp3) is 0.235. The highest BCUT2D eigenvalue weighted by molar-refractivity contribution is 7.99. The third kappa shape index (κ3) is 5.27. The van der Waals surface area contributed by atoms with Crippen molar-refractivity contribution in [2.45, 2.75) is 23.1 Å². The Hall–Kier alpha value is -1.47. The lowest BCUT2D eigenvalue weighted by Gasteiger charge is -2.21. The van der Waals surface area contributed by atoms with E-state index in [1.807, 2.05) is 30.3 Å². The van der Waals surface area contributed by atoms with Gasteiger partial charge in [0.2, 0.25) is 6.04 Å². The maximum Gasteiger partial charge on any atom is 0.259 e. The molecule has 0 heterocycles. The van der Waals surface area contributed by atoms with Crippen molar-refractivity contribution < 1.29 is 14.5 Å². The first-order valence-corrected chi connectivity index (χ1v) is 9.46. The lowest BCUT2D eigenvalue weighted by Crippen LogP contribution is -2.22. The molecule has 0 saturated heterocycles. The molecule has 0 bridgehead atoms. The SMILES string of the molecule is CC(C(Sc1ccccc1)c1ccc(OCC(=O)Cl)c(Cl)c1Cl)[N+](=O)[O-]. The number of hydrogen-bond acceptors (Lipinski definition) is 5. The van der Waals surface area contributed by atoms with Gasteiger partial charge in [0.05, 0.1) is 5.02 Å². The largest absolute Gasteiger partial charge is 0.483 e. The van der Waals surface area contributed by atoms with Crippen LogP contribution in [0.1, 0.15) is 17.7 Å². The number of hydrogen-bond donors (Lipinski definition) is 0. The number of nitrogens with zero attached hydrogens (tertiary/aromatic N) is 1. The van der Waals surface area contributed by atoms with Crippen molar-refractivity contribution in [2.75, 3.05) is 6.61 Å². The van der Waals surface area contributed by atoms with E-state index in [0.29, 0.717) is 5.56 Å². The molecule has 0 aliphatic rings. The fourth-order valence-electron chi connectivity index (χ4n) is 2.19. The minimum atomic E-state index is -0.912. The van der Waals surface area contributed by atoms with Crippen molar-refractivity contribution >= 4 is 51.8 Å². The van der Waals surface area contributed by atoms with Crippen LogP contribution in [0.15, 0.2) is 47.4 Å². The van der Waals surface area contributed by atoms with Crippen LogP contribution >= 0.6 is 46.6 Å². The van der Waals surface area contributed by atoms with Crippen LogP contribution in [-0.2, 0) is 4.79 Å². The first-order chi connectivity index (χ1) is 12.3. The molecule has 2 unspecified atom stereocenters. The summed E-state index contributed by atoms with van der Waals surface area (Å²) in [5, 5.41) is 10.4. The Morgan fingerprint density at radius 3 is 2.42 bits per heavy atom. The van der Waals surface area contributed by atoms with Crippen LogP contribution in [0.4, 0.5) is 0 Å². The molecule has 0 amide bonds. The monoisotopic (exact) mass is 433 g/mol. The Balaban J connectivity index is 2.39. The van der Waals surface area contributed by atoms with Crippen LogP contribution in [0.2, 0.25) is 10.0 Å². The van der Waals surface area contributed by atoms with Gasteiger partial charge in [0, 0.05) is 16.7 Å². The second kappa shape index (κ2) is 9.46. The van der Waals surface area contributed by atoms with Gasteiger partial charge in [-0.3, -0.25) is 14.9 Å². The zero-order chi connectivity index (χ0) is 19.3. The average molecular weight is 435 g/mol. The van der Waals surface area contributed by atoms with Gasteiger partial charge in [-0.05, 0) is 35.4 Å². The predicted octanol–water partition coefficient (Wildman–Crippen LogP) is 5.64. The number of carbonyl (C=O) groups is 1. The molecule has 2 atom stereocenters. The van der Waals surface area contributed by atoms with Gasteiger partial charge in [-0.25, -0.2) is 0 Å². The molecule has 2 aromatic carbocycles. The summed E-state index contributed by atoms with van der Waals surface area (Å²) in [6.07, 6.45) is 0. The van der Waals surface area contributed by atoms with Gasteiger partial charge < -0.3 is 4.74 Å². The van der Waals surface area contributed by atoms with Crippen molar-refractivity contribution in [3.05, 3.63) is 68.2 Å².